The number of nitrogens with zero attached hydrogens (tertiary/aromatic N) is 4. The zero-order chi connectivity index (χ0) is 18.5. The molecular weight excluding hydrogens is 436 g/mol. The first-order valence-electron chi connectivity index (χ1n) is 7.45. The Kier molecular flexibility index (Phi) is 5.92. The van der Waals surface area contributed by atoms with Gasteiger partial charge in [0.1, 0.15) is 0 Å². The first kappa shape index (κ1) is 18.4. The molecule has 0 saturated carbocycles. The van der Waals surface area contributed by atoms with Crippen LogP contribution in [0.15, 0.2) is 68.3 Å². The number of hydrogen-bond donors (Lipinski definition) is 0. The van der Waals surface area contributed by atoms with Crippen LogP contribution in [0.3, 0.4) is 0 Å². The summed E-state index contributed by atoms with van der Waals surface area (Å²) < 4.78 is 2.81. The third kappa shape index (κ3) is 4.24. The van der Waals surface area contributed by atoms with Crippen LogP contribution in [0, 0.1) is 10.1 Å². The van der Waals surface area contributed by atoms with E-state index in [9.17, 15) is 10.1 Å². The lowest BCUT2D eigenvalue weighted by Gasteiger charge is -2.01. The third-order valence-corrected chi connectivity index (χ3v) is 5.79. The molecule has 1 aromatic carbocycles. The van der Waals surface area contributed by atoms with E-state index in [0.29, 0.717) is 6.54 Å². The second-order valence-electron chi connectivity index (χ2n) is 5.04. The molecule has 0 radical (unpaired) electrons. The zero-order valence-corrected chi connectivity index (χ0v) is 16.6. The Bertz CT molecular complexity index is 1030. The Balaban J connectivity index is 2.00. The van der Waals surface area contributed by atoms with E-state index in [1.807, 2.05) is 17.5 Å². The molecular formula is C17H13BrN4O2S2. The number of hydrogen-bond acceptors (Lipinski definition) is 6. The van der Waals surface area contributed by atoms with Crippen molar-refractivity contribution in [3.05, 3.63) is 78.7 Å². The Morgan fingerprint density at radius 1 is 1.27 bits per heavy atom. The van der Waals surface area contributed by atoms with E-state index in [1.165, 1.54) is 23.5 Å². The van der Waals surface area contributed by atoms with Crippen molar-refractivity contribution in [3.63, 3.8) is 0 Å². The summed E-state index contributed by atoms with van der Waals surface area (Å²) in [6, 6.07) is 10.3. The van der Waals surface area contributed by atoms with Gasteiger partial charge in [-0.1, -0.05) is 6.08 Å². The van der Waals surface area contributed by atoms with E-state index < -0.39 is 4.92 Å². The minimum Gasteiger partial charge on any atom is -0.258 e. The van der Waals surface area contributed by atoms with Crippen molar-refractivity contribution in [3.8, 4) is 10.6 Å². The number of aromatic nitrogens is 1. The second kappa shape index (κ2) is 8.35. The Labute approximate surface area is 165 Å². The molecule has 132 valence electrons. The van der Waals surface area contributed by atoms with E-state index >= 15 is 0 Å². The summed E-state index contributed by atoms with van der Waals surface area (Å²) in [5.41, 5.74) is 1.75. The van der Waals surface area contributed by atoms with Crippen LogP contribution in [0.25, 0.3) is 10.6 Å². The van der Waals surface area contributed by atoms with Crippen LogP contribution in [0.2, 0.25) is 0 Å². The number of thiazole rings is 1. The summed E-state index contributed by atoms with van der Waals surface area (Å²) in [6.07, 6.45) is 3.39. The molecule has 3 aromatic rings. The average molecular weight is 449 g/mol. The van der Waals surface area contributed by atoms with Crippen LogP contribution in [-0.2, 0) is 0 Å². The van der Waals surface area contributed by atoms with Crippen molar-refractivity contribution >= 4 is 50.5 Å². The number of nitro benzene ring substituents is 1. The lowest BCUT2D eigenvalue weighted by Crippen LogP contribution is -2.12. The van der Waals surface area contributed by atoms with E-state index in [-0.39, 0.29) is 5.69 Å². The molecule has 0 saturated heterocycles. The first-order valence-corrected chi connectivity index (χ1v) is 9.94. The first-order chi connectivity index (χ1) is 12.6. The highest BCUT2D eigenvalue weighted by atomic mass is 79.9. The van der Waals surface area contributed by atoms with Gasteiger partial charge in [-0.25, -0.2) is 4.68 Å². The molecule has 2 heterocycles. The third-order valence-electron chi connectivity index (χ3n) is 3.29. The predicted molar refractivity (Wildman–Crippen MR) is 110 cm³/mol. The highest BCUT2D eigenvalue weighted by Gasteiger charge is 2.10. The molecule has 3 rings (SSSR count). The lowest BCUT2D eigenvalue weighted by atomic mass is 10.2. The molecule has 9 heteroatoms. The number of thiophene rings is 1. The van der Waals surface area contributed by atoms with Crippen LogP contribution in [0.5, 0.6) is 0 Å². The van der Waals surface area contributed by atoms with Crippen LogP contribution in [0.4, 0.5) is 5.69 Å². The zero-order valence-electron chi connectivity index (χ0n) is 13.4. The lowest BCUT2D eigenvalue weighted by molar-refractivity contribution is -0.384. The highest BCUT2D eigenvalue weighted by Crippen LogP contribution is 2.31. The smallest absolute Gasteiger partial charge is 0.258 e. The molecule has 0 unspecified atom stereocenters. The fourth-order valence-electron chi connectivity index (χ4n) is 2.09. The monoisotopic (exact) mass is 448 g/mol. The van der Waals surface area contributed by atoms with Crippen molar-refractivity contribution in [2.45, 2.75) is 0 Å². The average Bonchev–Trinajstić information content (AvgIpc) is 3.24. The van der Waals surface area contributed by atoms with Gasteiger partial charge in [0, 0.05) is 17.5 Å². The molecule has 6 nitrogen and oxygen atoms in total. The van der Waals surface area contributed by atoms with Gasteiger partial charge >= 0.3 is 0 Å². The molecule has 0 N–H and O–H groups in total. The summed E-state index contributed by atoms with van der Waals surface area (Å²) >= 11 is 6.59. The SMILES string of the molecule is C=CCN=c1scc(-c2ccc(Br)s2)n1/N=C/c1ccc([N+](=O)[O-])cc1. The molecule has 0 bridgehead atoms. The molecule has 0 atom stereocenters. The van der Waals surface area contributed by atoms with Crippen molar-refractivity contribution < 1.29 is 4.92 Å². The minimum absolute atomic E-state index is 0.0520. The molecule has 2 aromatic heterocycles. The number of nitro groups is 1. The van der Waals surface area contributed by atoms with E-state index in [0.717, 1.165) is 24.7 Å². The molecule has 0 amide bonds. The van der Waals surface area contributed by atoms with Gasteiger partial charge in [-0.2, -0.15) is 5.10 Å². The standard InChI is InChI=1S/C17H13BrN4O2S2/c1-2-9-19-17-21(14(11-25-17)15-7-8-16(18)26-15)20-10-12-3-5-13(6-4-12)22(23)24/h2-8,10-11H,1,9H2/b19-17?,20-10+. The molecule has 0 spiro atoms. The van der Waals surface area contributed by atoms with Crippen molar-refractivity contribution in [1.82, 2.24) is 4.68 Å². The van der Waals surface area contributed by atoms with Crippen LogP contribution < -0.4 is 4.80 Å². The summed E-state index contributed by atoms with van der Waals surface area (Å²) in [6.45, 7) is 4.19. The van der Waals surface area contributed by atoms with Gasteiger partial charge in [0.15, 0.2) is 0 Å². The van der Waals surface area contributed by atoms with Crippen LogP contribution >= 0.6 is 38.6 Å². The summed E-state index contributed by atoms with van der Waals surface area (Å²) in [7, 11) is 0. The topological polar surface area (TPSA) is 72.8 Å². The van der Waals surface area contributed by atoms with Gasteiger partial charge in [0.2, 0.25) is 4.80 Å². The van der Waals surface area contributed by atoms with Gasteiger partial charge in [-0.05, 0) is 45.8 Å². The Morgan fingerprint density at radius 2 is 2.04 bits per heavy atom. The van der Waals surface area contributed by atoms with E-state index in [4.69, 9.17) is 0 Å². The van der Waals surface area contributed by atoms with Crippen LogP contribution in [-0.4, -0.2) is 22.4 Å². The van der Waals surface area contributed by atoms with E-state index in [2.05, 4.69) is 32.6 Å². The van der Waals surface area contributed by atoms with Gasteiger partial charge in [0.25, 0.3) is 5.69 Å². The molecule has 0 aliphatic heterocycles. The fraction of sp³-hybridized carbons (Fsp3) is 0.0588. The van der Waals surface area contributed by atoms with E-state index in [1.54, 1.807) is 40.4 Å². The fourth-order valence-corrected chi connectivity index (χ4v) is 4.39. The van der Waals surface area contributed by atoms with Crippen molar-refractivity contribution in [2.75, 3.05) is 6.54 Å². The Morgan fingerprint density at radius 3 is 2.65 bits per heavy atom. The maximum absolute atomic E-state index is 10.8. The number of rotatable bonds is 6. The molecule has 26 heavy (non-hydrogen) atoms. The normalized spacial score (nSPS) is 12.0. The van der Waals surface area contributed by atoms with Crippen LogP contribution in [0.1, 0.15) is 5.56 Å². The highest BCUT2D eigenvalue weighted by molar-refractivity contribution is 9.11. The minimum atomic E-state index is -0.423. The molecule has 0 aliphatic carbocycles. The molecule has 0 aliphatic rings. The maximum atomic E-state index is 10.8. The molecule has 0 fully saturated rings. The van der Waals surface area contributed by atoms with Crippen molar-refractivity contribution in [1.29, 1.82) is 0 Å². The number of halogens is 1. The van der Waals surface area contributed by atoms with Gasteiger partial charge in [-0.15, -0.1) is 29.3 Å². The van der Waals surface area contributed by atoms with Gasteiger partial charge in [-0.3, -0.25) is 15.1 Å². The summed E-state index contributed by atoms with van der Waals surface area (Å²) in [5, 5.41) is 17.3. The largest absolute Gasteiger partial charge is 0.269 e. The number of non-ortho nitro benzene ring substituents is 1. The number of benzene rings is 1. The van der Waals surface area contributed by atoms with Crippen molar-refractivity contribution in [2.24, 2.45) is 10.1 Å². The Hall–Kier alpha value is -2.36. The summed E-state index contributed by atoms with van der Waals surface area (Å²) in [5.74, 6) is 0. The predicted octanol–water partition coefficient (Wildman–Crippen LogP) is 4.92. The second-order valence-corrected chi connectivity index (χ2v) is 8.34. The van der Waals surface area contributed by atoms with Gasteiger partial charge in [0.05, 0.1) is 32.0 Å². The maximum Gasteiger partial charge on any atom is 0.269 e. The van der Waals surface area contributed by atoms with Gasteiger partial charge < -0.3 is 0 Å². The quantitative estimate of drug-likeness (QED) is 0.232. The summed E-state index contributed by atoms with van der Waals surface area (Å²) in [4.78, 5) is 16.6.